The van der Waals surface area contributed by atoms with Crippen LogP contribution in [0.25, 0.3) is 0 Å². The number of furan rings is 1. The monoisotopic (exact) mass is 199 g/mol. The quantitative estimate of drug-likeness (QED) is 0.743. The lowest BCUT2D eigenvalue weighted by Crippen LogP contribution is -1.78. The van der Waals surface area contributed by atoms with Crippen LogP contribution in [0.1, 0.15) is 10.6 Å². The van der Waals surface area contributed by atoms with Gasteiger partial charge in [0.1, 0.15) is 5.76 Å². The van der Waals surface area contributed by atoms with Gasteiger partial charge >= 0.3 is 0 Å². The average molecular weight is 200 g/mol. The lowest BCUT2D eigenvalue weighted by molar-refractivity contribution is 0.522. The summed E-state index contributed by atoms with van der Waals surface area (Å²) in [7, 11) is 0. The van der Waals surface area contributed by atoms with Crippen molar-refractivity contribution in [1.82, 2.24) is 4.98 Å². The summed E-state index contributed by atoms with van der Waals surface area (Å²) < 4.78 is 5.76. The predicted molar refractivity (Wildman–Crippen MR) is 48.6 cm³/mol. The molecule has 0 aliphatic carbocycles. The Bertz CT molecular complexity index is 355. The number of hydrogen-bond donors (Lipinski definition) is 0. The van der Waals surface area contributed by atoms with Crippen LogP contribution in [0.15, 0.2) is 29.0 Å². The van der Waals surface area contributed by atoms with Gasteiger partial charge in [0, 0.05) is 17.5 Å². The molecule has 0 unspecified atom stereocenters. The van der Waals surface area contributed by atoms with Gasteiger partial charge in [0.25, 0.3) is 0 Å². The van der Waals surface area contributed by atoms with Gasteiger partial charge in [-0.1, -0.05) is 11.6 Å². The molecule has 0 amide bonds. The van der Waals surface area contributed by atoms with Crippen LogP contribution in [-0.4, -0.2) is 4.98 Å². The molecule has 0 N–H and O–H groups in total. The maximum atomic E-state index is 5.68. The third kappa shape index (κ3) is 1.68. The van der Waals surface area contributed by atoms with Crippen molar-refractivity contribution >= 4 is 22.9 Å². The van der Waals surface area contributed by atoms with Crippen LogP contribution in [0.2, 0.25) is 4.47 Å². The Balaban J connectivity index is 2.14. The molecular weight excluding hydrogens is 194 g/mol. The van der Waals surface area contributed by atoms with Crippen molar-refractivity contribution < 1.29 is 4.42 Å². The molecule has 0 aromatic carbocycles. The number of hydrogen-bond acceptors (Lipinski definition) is 3. The summed E-state index contributed by atoms with van der Waals surface area (Å²) in [6, 6.07) is 3.81. The highest BCUT2D eigenvalue weighted by molar-refractivity contribution is 7.15. The van der Waals surface area contributed by atoms with Crippen LogP contribution in [0.5, 0.6) is 0 Å². The first-order valence-corrected chi connectivity index (χ1v) is 4.66. The molecule has 12 heavy (non-hydrogen) atoms. The molecule has 2 heterocycles. The topological polar surface area (TPSA) is 26.0 Å². The molecule has 62 valence electrons. The summed E-state index contributed by atoms with van der Waals surface area (Å²) in [6.07, 6.45) is 4.21. The van der Waals surface area contributed by atoms with E-state index < -0.39 is 0 Å². The Kier molecular flexibility index (Phi) is 2.15. The first-order valence-electron chi connectivity index (χ1n) is 3.47. The van der Waals surface area contributed by atoms with Crippen LogP contribution >= 0.6 is 22.9 Å². The van der Waals surface area contributed by atoms with Crippen molar-refractivity contribution in [2.75, 3.05) is 0 Å². The molecule has 2 nitrogen and oxygen atoms in total. The maximum absolute atomic E-state index is 5.68. The van der Waals surface area contributed by atoms with Crippen molar-refractivity contribution in [1.29, 1.82) is 0 Å². The van der Waals surface area contributed by atoms with Gasteiger partial charge in [0.15, 0.2) is 4.47 Å². The Labute approximate surface area is 78.8 Å². The van der Waals surface area contributed by atoms with Crippen LogP contribution in [-0.2, 0) is 6.42 Å². The predicted octanol–water partition coefficient (Wildman–Crippen LogP) is 2.98. The van der Waals surface area contributed by atoms with Crippen LogP contribution in [0.4, 0.5) is 0 Å². The molecule has 2 rings (SSSR count). The molecule has 0 aliphatic rings. The molecule has 0 radical (unpaired) electrons. The van der Waals surface area contributed by atoms with Gasteiger partial charge in [-0.15, -0.1) is 11.3 Å². The largest absolute Gasteiger partial charge is 0.469 e. The second-order valence-corrected chi connectivity index (χ2v) is 4.03. The highest BCUT2D eigenvalue weighted by Gasteiger charge is 2.02. The fourth-order valence-corrected chi connectivity index (χ4v) is 1.94. The second kappa shape index (κ2) is 3.29. The number of aromatic nitrogens is 1. The molecule has 0 aliphatic heterocycles. The molecule has 0 saturated carbocycles. The molecule has 0 fully saturated rings. The third-order valence-electron chi connectivity index (χ3n) is 1.45. The molecule has 0 spiro atoms. The summed E-state index contributed by atoms with van der Waals surface area (Å²) in [5.41, 5.74) is 0. The number of nitrogens with zero attached hydrogens (tertiary/aromatic N) is 1. The average Bonchev–Trinajstić information content (AvgIpc) is 2.63. The van der Waals surface area contributed by atoms with Crippen LogP contribution in [0.3, 0.4) is 0 Å². The smallest absolute Gasteiger partial charge is 0.183 e. The van der Waals surface area contributed by atoms with E-state index in [-0.39, 0.29) is 0 Å². The van der Waals surface area contributed by atoms with E-state index in [0.717, 1.165) is 17.1 Å². The molecular formula is C8H6ClNOS. The van der Waals surface area contributed by atoms with E-state index in [1.54, 1.807) is 12.5 Å². The summed E-state index contributed by atoms with van der Waals surface area (Å²) >= 11 is 7.16. The van der Waals surface area contributed by atoms with E-state index in [1.807, 2.05) is 12.1 Å². The normalized spacial score (nSPS) is 10.4. The van der Waals surface area contributed by atoms with E-state index >= 15 is 0 Å². The Morgan fingerprint density at radius 2 is 2.50 bits per heavy atom. The Morgan fingerprint density at radius 3 is 3.08 bits per heavy atom. The number of thiazole rings is 1. The number of rotatable bonds is 2. The maximum Gasteiger partial charge on any atom is 0.183 e. The van der Waals surface area contributed by atoms with Crippen LogP contribution < -0.4 is 0 Å². The standard InChI is InChI=1S/C8H6ClNOS/c9-8-10-5-7(12-8)4-6-2-1-3-11-6/h1-3,5H,4H2. The highest BCUT2D eigenvalue weighted by Crippen LogP contribution is 2.20. The van der Waals surface area contributed by atoms with Gasteiger partial charge in [0.05, 0.1) is 6.26 Å². The van der Waals surface area contributed by atoms with Crippen molar-refractivity contribution in [3.05, 3.63) is 39.7 Å². The first kappa shape index (κ1) is 7.83. The summed E-state index contributed by atoms with van der Waals surface area (Å²) in [5.74, 6) is 0.940. The lowest BCUT2D eigenvalue weighted by Gasteiger charge is -1.88. The van der Waals surface area contributed by atoms with E-state index in [0.29, 0.717) is 4.47 Å². The van der Waals surface area contributed by atoms with E-state index in [2.05, 4.69) is 4.98 Å². The van der Waals surface area contributed by atoms with Gasteiger partial charge in [-0.25, -0.2) is 4.98 Å². The molecule has 0 atom stereocenters. The minimum Gasteiger partial charge on any atom is -0.469 e. The summed E-state index contributed by atoms with van der Waals surface area (Å²) in [4.78, 5) is 5.06. The molecule has 2 aromatic heterocycles. The highest BCUT2D eigenvalue weighted by atomic mass is 35.5. The van der Waals surface area contributed by atoms with Gasteiger partial charge in [-0.3, -0.25) is 0 Å². The van der Waals surface area contributed by atoms with E-state index in [9.17, 15) is 0 Å². The summed E-state index contributed by atoms with van der Waals surface area (Å²) in [5, 5.41) is 0. The van der Waals surface area contributed by atoms with Gasteiger partial charge in [-0.05, 0) is 12.1 Å². The molecule has 0 bridgehead atoms. The van der Waals surface area contributed by atoms with E-state index in [1.165, 1.54) is 11.3 Å². The van der Waals surface area contributed by atoms with Crippen molar-refractivity contribution in [3.8, 4) is 0 Å². The van der Waals surface area contributed by atoms with Crippen LogP contribution in [0, 0.1) is 0 Å². The van der Waals surface area contributed by atoms with E-state index in [4.69, 9.17) is 16.0 Å². The van der Waals surface area contributed by atoms with Crippen molar-refractivity contribution in [2.45, 2.75) is 6.42 Å². The van der Waals surface area contributed by atoms with Gasteiger partial charge < -0.3 is 4.42 Å². The fraction of sp³-hybridized carbons (Fsp3) is 0.125. The molecule has 2 aromatic rings. The first-order chi connectivity index (χ1) is 5.84. The molecule has 4 heteroatoms. The zero-order chi connectivity index (χ0) is 8.39. The molecule has 0 saturated heterocycles. The zero-order valence-electron chi connectivity index (χ0n) is 6.16. The van der Waals surface area contributed by atoms with Gasteiger partial charge in [0.2, 0.25) is 0 Å². The SMILES string of the molecule is Clc1ncc(Cc2ccco2)s1. The Morgan fingerprint density at radius 1 is 1.58 bits per heavy atom. The van der Waals surface area contributed by atoms with Crippen molar-refractivity contribution in [3.63, 3.8) is 0 Å². The minimum absolute atomic E-state index is 0.580. The third-order valence-corrected chi connectivity index (χ3v) is 2.57. The lowest BCUT2D eigenvalue weighted by atomic mass is 10.3. The Hall–Kier alpha value is -0.800. The van der Waals surface area contributed by atoms with Crippen molar-refractivity contribution in [2.24, 2.45) is 0 Å². The fourth-order valence-electron chi connectivity index (χ4n) is 0.950. The zero-order valence-corrected chi connectivity index (χ0v) is 7.73. The number of halogens is 1. The van der Waals surface area contributed by atoms with Gasteiger partial charge in [-0.2, -0.15) is 0 Å². The second-order valence-electron chi connectivity index (χ2n) is 2.34. The summed E-state index contributed by atoms with van der Waals surface area (Å²) in [6.45, 7) is 0. The minimum atomic E-state index is 0.580.